The van der Waals surface area contributed by atoms with Crippen molar-refractivity contribution in [1.82, 2.24) is 4.90 Å². The van der Waals surface area contributed by atoms with E-state index in [-0.39, 0.29) is 28.8 Å². The first kappa shape index (κ1) is 13.0. The Morgan fingerprint density at radius 2 is 2.00 bits per heavy atom. The van der Waals surface area contributed by atoms with E-state index in [1.165, 1.54) is 11.8 Å². The minimum Gasteiger partial charge on any atom is -0.340 e. The van der Waals surface area contributed by atoms with Crippen LogP contribution < -0.4 is 0 Å². The summed E-state index contributed by atoms with van der Waals surface area (Å²) in [7, 11) is -2.94. The molecule has 0 saturated carbocycles. The molecular formula is C13H16N2O2S2. The Hall–Kier alpha value is -1.01. The second kappa shape index (κ2) is 4.52. The van der Waals surface area contributed by atoms with Gasteiger partial charge in [0.15, 0.2) is 15.0 Å². The fraction of sp³-hybridized carbons (Fsp3) is 0.462. The normalized spacial score (nSPS) is 30.4. The van der Waals surface area contributed by atoms with Gasteiger partial charge in [-0.1, -0.05) is 42.1 Å². The Balaban J connectivity index is 1.90. The van der Waals surface area contributed by atoms with Crippen molar-refractivity contribution in [2.24, 2.45) is 0 Å². The van der Waals surface area contributed by atoms with Crippen LogP contribution in [0.4, 0.5) is 0 Å². The highest BCUT2D eigenvalue weighted by Crippen LogP contribution is 2.41. The van der Waals surface area contributed by atoms with Crippen LogP contribution in [0.2, 0.25) is 0 Å². The Bertz CT molecular complexity index is 600. The molecule has 0 amide bonds. The van der Waals surface area contributed by atoms with Crippen molar-refractivity contribution in [2.75, 3.05) is 11.5 Å². The molecule has 19 heavy (non-hydrogen) atoms. The van der Waals surface area contributed by atoms with Gasteiger partial charge in [-0.2, -0.15) is 0 Å². The van der Waals surface area contributed by atoms with Crippen LogP contribution >= 0.6 is 11.8 Å². The molecule has 2 aliphatic rings. The summed E-state index contributed by atoms with van der Waals surface area (Å²) < 4.78 is 23.5. The minimum absolute atomic E-state index is 0.0312. The maximum atomic E-state index is 11.7. The maximum Gasteiger partial charge on any atom is 0.157 e. The van der Waals surface area contributed by atoms with Crippen LogP contribution in [-0.2, 0) is 9.84 Å². The van der Waals surface area contributed by atoms with Gasteiger partial charge in [0.25, 0.3) is 0 Å². The molecule has 2 saturated heterocycles. The zero-order valence-electron chi connectivity index (χ0n) is 10.6. The molecule has 0 spiro atoms. The summed E-state index contributed by atoms with van der Waals surface area (Å²) in [4.78, 5) is 1.97. The second-order valence-corrected chi connectivity index (χ2v) is 8.48. The summed E-state index contributed by atoms with van der Waals surface area (Å²) >= 11 is 1.40. The average Bonchev–Trinajstić information content (AvgIpc) is 2.79. The number of benzene rings is 1. The third-order valence-electron chi connectivity index (χ3n) is 3.83. The van der Waals surface area contributed by atoms with Crippen LogP contribution in [0.3, 0.4) is 0 Å². The molecule has 0 bridgehead atoms. The van der Waals surface area contributed by atoms with Crippen molar-refractivity contribution in [3.8, 4) is 0 Å². The van der Waals surface area contributed by atoms with Gasteiger partial charge in [0.1, 0.15) is 0 Å². The molecule has 3 atom stereocenters. The van der Waals surface area contributed by atoms with Crippen LogP contribution in [0.5, 0.6) is 0 Å². The van der Waals surface area contributed by atoms with Gasteiger partial charge < -0.3 is 4.90 Å². The Kier molecular flexibility index (Phi) is 3.09. The van der Waals surface area contributed by atoms with Crippen LogP contribution in [-0.4, -0.2) is 41.3 Å². The highest BCUT2D eigenvalue weighted by atomic mass is 32.2. The first-order valence-electron chi connectivity index (χ1n) is 6.27. The number of nitrogens with one attached hydrogen (secondary N) is 1. The SMILES string of the molecule is C[C@H](c1ccccc1)N1C(=N)S[C@@H]2CS(=O)(=O)C[C@@H]21. The number of rotatable bonds is 2. The number of hydrogen-bond donors (Lipinski definition) is 1. The van der Waals surface area contributed by atoms with Gasteiger partial charge in [-0.05, 0) is 12.5 Å². The van der Waals surface area contributed by atoms with Gasteiger partial charge in [0, 0.05) is 5.25 Å². The predicted octanol–water partition coefficient (Wildman–Crippen LogP) is 1.90. The van der Waals surface area contributed by atoms with Crippen molar-refractivity contribution in [2.45, 2.75) is 24.3 Å². The molecule has 1 aromatic carbocycles. The predicted molar refractivity (Wildman–Crippen MR) is 78.2 cm³/mol. The Morgan fingerprint density at radius 3 is 2.68 bits per heavy atom. The zero-order valence-corrected chi connectivity index (χ0v) is 12.2. The first-order valence-corrected chi connectivity index (χ1v) is 8.97. The third-order valence-corrected chi connectivity index (χ3v) is 6.97. The first-order chi connectivity index (χ1) is 8.98. The van der Waals surface area contributed by atoms with E-state index in [9.17, 15) is 8.42 Å². The minimum atomic E-state index is -2.94. The fourth-order valence-electron chi connectivity index (χ4n) is 2.88. The molecule has 4 nitrogen and oxygen atoms in total. The lowest BCUT2D eigenvalue weighted by Gasteiger charge is -2.30. The Morgan fingerprint density at radius 1 is 1.32 bits per heavy atom. The van der Waals surface area contributed by atoms with Gasteiger partial charge >= 0.3 is 0 Å². The molecule has 2 heterocycles. The molecule has 0 radical (unpaired) electrons. The largest absolute Gasteiger partial charge is 0.340 e. The van der Waals surface area contributed by atoms with Gasteiger partial charge in [0.05, 0.1) is 23.6 Å². The number of fused-ring (bicyclic) bond motifs is 1. The van der Waals surface area contributed by atoms with E-state index in [1.807, 2.05) is 42.2 Å². The third kappa shape index (κ3) is 2.27. The average molecular weight is 296 g/mol. The van der Waals surface area contributed by atoms with Crippen molar-refractivity contribution in [1.29, 1.82) is 5.41 Å². The van der Waals surface area contributed by atoms with Gasteiger partial charge in [-0.15, -0.1) is 0 Å². The van der Waals surface area contributed by atoms with E-state index in [2.05, 4.69) is 0 Å². The van der Waals surface area contributed by atoms with E-state index in [4.69, 9.17) is 5.41 Å². The maximum absolute atomic E-state index is 11.7. The van der Waals surface area contributed by atoms with Crippen molar-refractivity contribution >= 4 is 26.8 Å². The number of amidine groups is 1. The number of thioether (sulfide) groups is 1. The Labute approximate surface area is 117 Å². The summed E-state index contributed by atoms with van der Waals surface area (Å²) in [6.07, 6.45) is 0. The zero-order chi connectivity index (χ0) is 13.6. The molecule has 0 aromatic heterocycles. The van der Waals surface area contributed by atoms with Gasteiger partial charge in [0.2, 0.25) is 0 Å². The topological polar surface area (TPSA) is 61.2 Å². The van der Waals surface area contributed by atoms with E-state index >= 15 is 0 Å². The van der Waals surface area contributed by atoms with E-state index in [0.717, 1.165) is 5.56 Å². The molecular weight excluding hydrogens is 280 g/mol. The van der Waals surface area contributed by atoms with Gasteiger partial charge in [-0.3, -0.25) is 5.41 Å². The molecule has 0 aliphatic carbocycles. The molecule has 6 heteroatoms. The van der Waals surface area contributed by atoms with E-state index < -0.39 is 9.84 Å². The van der Waals surface area contributed by atoms with E-state index in [0.29, 0.717) is 5.17 Å². The smallest absolute Gasteiger partial charge is 0.157 e. The van der Waals surface area contributed by atoms with Crippen molar-refractivity contribution in [3.05, 3.63) is 35.9 Å². The lowest BCUT2D eigenvalue weighted by molar-refractivity contribution is 0.287. The van der Waals surface area contributed by atoms with Gasteiger partial charge in [-0.25, -0.2) is 8.42 Å². The fourth-order valence-corrected chi connectivity index (χ4v) is 6.75. The van der Waals surface area contributed by atoms with Crippen LogP contribution in [0.1, 0.15) is 18.5 Å². The van der Waals surface area contributed by atoms with E-state index in [1.54, 1.807) is 0 Å². The highest BCUT2D eigenvalue weighted by Gasteiger charge is 2.49. The van der Waals surface area contributed by atoms with Crippen molar-refractivity contribution < 1.29 is 8.42 Å². The summed E-state index contributed by atoms with van der Waals surface area (Å²) in [5, 5.41) is 8.64. The summed E-state index contributed by atoms with van der Waals surface area (Å²) in [6.45, 7) is 2.04. The number of nitrogens with zero attached hydrogens (tertiary/aromatic N) is 1. The summed E-state index contributed by atoms with van der Waals surface area (Å²) in [6, 6.07) is 9.97. The lowest BCUT2D eigenvalue weighted by Crippen LogP contribution is -2.38. The summed E-state index contributed by atoms with van der Waals surface area (Å²) in [5.41, 5.74) is 1.12. The quantitative estimate of drug-likeness (QED) is 0.905. The monoisotopic (exact) mass is 296 g/mol. The second-order valence-electron chi connectivity index (χ2n) is 5.10. The van der Waals surface area contributed by atoms with Crippen LogP contribution in [0.15, 0.2) is 30.3 Å². The van der Waals surface area contributed by atoms with Crippen LogP contribution in [0, 0.1) is 5.41 Å². The standard InChI is InChI=1S/C13H16N2O2S2/c1-9(10-5-3-2-4-6-10)15-11-7-19(16,17)8-12(11)18-13(15)14/h2-6,9,11-12,14H,7-8H2,1H3/t9-,11+,12-/m1/s1. The molecule has 3 rings (SSSR count). The molecule has 2 aliphatic heterocycles. The number of hydrogen-bond acceptors (Lipinski definition) is 4. The molecule has 1 N–H and O–H groups in total. The molecule has 0 unspecified atom stereocenters. The molecule has 102 valence electrons. The lowest BCUT2D eigenvalue weighted by atomic mass is 10.1. The summed E-state index contributed by atoms with van der Waals surface area (Å²) in [5.74, 6) is 0.396. The number of sulfone groups is 1. The van der Waals surface area contributed by atoms with Crippen LogP contribution in [0.25, 0.3) is 0 Å². The molecule has 2 fully saturated rings. The highest BCUT2D eigenvalue weighted by molar-refractivity contribution is 8.15. The molecule has 1 aromatic rings. The van der Waals surface area contributed by atoms with Crippen molar-refractivity contribution in [3.63, 3.8) is 0 Å².